The van der Waals surface area contributed by atoms with Gasteiger partial charge in [0, 0.05) is 26.8 Å². The minimum Gasteiger partial charge on any atom is -0.385 e. The average Bonchev–Trinajstić information content (AvgIpc) is 3.09. The van der Waals surface area contributed by atoms with Gasteiger partial charge in [0.2, 0.25) is 0 Å². The molecule has 16 heavy (non-hydrogen) atoms. The summed E-state index contributed by atoms with van der Waals surface area (Å²) in [4.78, 5) is 0. The number of methoxy groups -OCH3 is 1. The highest BCUT2D eigenvalue weighted by Crippen LogP contribution is 2.48. The van der Waals surface area contributed by atoms with Crippen LogP contribution >= 0.6 is 0 Å². The van der Waals surface area contributed by atoms with Crippen molar-refractivity contribution in [1.82, 2.24) is 5.32 Å². The lowest BCUT2D eigenvalue weighted by Crippen LogP contribution is -2.28. The molecule has 2 aliphatic rings. The molecule has 0 unspecified atom stereocenters. The summed E-state index contributed by atoms with van der Waals surface area (Å²) in [5, 5.41) is 3.56. The zero-order valence-corrected chi connectivity index (χ0v) is 10.3. The lowest BCUT2D eigenvalue weighted by Gasteiger charge is -2.18. The molecule has 0 aromatic carbocycles. The molecule has 2 rings (SSSR count). The lowest BCUT2D eigenvalue weighted by atomic mass is 10.0. The third-order valence-corrected chi connectivity index (χ3v) is 3.63. The fraction of sp³-hybridized carbons (Fsp3) is 0.846. The van der Waals surface area contributed by atoms with Crippen molar-refractivity contribution in [1.29, 1.82) is 0 Å². The van der Waals surface area contributed by atoms with Crippen molar-refractivity contribution in [2.45, 2.75) is 25.7 Å². The molecule has 1 aliphatic carbocycles. The van der Waals surface area contributed by atoms with E-state index < -0.39 is 0 Å². The maximum atomic E-state index is 5.42. The van der Waals surface area contributed by atoms with E-state index in [1.165, 1.54) is 24.8 Å². The molecular weight excluding hydrogens is 202 g/mol. The van der Waals surface area contributed by atoms with E-state index in [0.717, 1.165) is 39.3 Å². The van der Waals surface area contributed by atoms with Crippen molar-refractivity contribution in [3.63, 3.8) is 0 Å². The first kappa shape index (κ1) is 12.1. The molecule has 1 fully saturated rings. The van der Waals surface area contributed by atoms with Crippen molar-refractivity contribution in [2.24, 2.45) is 5.41 Å². The zero-order valence-electron chi connectivity index (χ0n) is 10.3. The Balaban J connectivity index is 1.62. The Hall–Kier alpha value is -0.380. The van der Waals surface area contributed by atoms with Crippen molar-refractivity contribution in [3.8, 4) is 0 Å². The fourth-order valence-corrected chi connectivity index (χ4v) is 2.23. The quantitative estimate of drug-likeness (QED) is 0.669. The van der Waals surface area contributed by atoms with Gasteiger partial charge >= 0.3 is 0 Å². The van der Waals surface area contributed by atoms with Crippen LogP contribution in [0.3, 0.4) is 0 Å². The van der Waals surface area contributed by atoms with Crippen LogP contribution in [0.5, 0.6) is 0 Å². The van der Waals surface area contributed by atoms with Crippen molar-refractivity contribution in [2.75, 3.05) is 40.0 Å². The van der Waals surface area contributed by atoms with E-state index in [1.54, 1.807) is 7.11 Å². The Morgan fingerprint density at radius 3 is 3.00 bits per heavy atom. The molecule has 0 amide bonds. The van der Waals surface area contributed by atoms with Crippen LogP contribution in [-0.4, -0.2) is 40.0 Å². The molecular formula is C13H23NO2. The largest absolute Gasteiger partial charge is 0.385 e. The van der Waals surface area contributed by atoms with Gasteiger partial charge < -0.3 is 14.8 Å². The highest BCUT2D eigenvalue weighted by atomic mass is 16.5. The minimum absolute atomic E-state index is 0.548. The summed E-state index contributed by atoms with van der Waals surface area (Å²) in [5.41, 5.74) is 1.96. The Kier molecular flexibility index (Phi) is 4.38. The number of ether oxygens (including phenoxy) is 2. The number of nitrogens with one attached hydrogen (secondary N) is 1. The van der Waals surface area contributed by atoms with E-state index in [2.05, 4.69) is 11.4 Å². The molecule has 1 saturated carbocycles. The normalized spacial score (nSPS) is 22.9. The van der Waals surface area contributed by atoms with Crippen LogP contribution in [0.4, 0.5) is 0 Å². The number of hydrogen-bond donors (Lipinski definition) is 1. The highest BCUT2D eigenvalue weighted by Gasteiger charge is 2.41. The Morgan fingerprint density at radius 1 is 1.50 bits per heavy atom. The summed E-state index contributed by atoms with van der Waals surface area (Å²) in [6.07, 6.45) is 7.31. The SMILES string of the molecule is COCCC1(CNCC2=CCCOC2)CC1. The third-order valence-electron chi connectivity index (χ3n) is 3.63. The second-order valence-electron chi connectivity index (χ2n) is 5.05. The summed E-state index contributed by atoms with van der Waals surface area (Å²) in [6.45, 7) is 4.73. The van der Waals surface area contributed by atoms with Crippen LogP contribution in [0.15, 0.2) is 11.6 Å². The predicted octanol–water partition coefficient (Wildman–Crippen LogP) is 1.74. The molecule has 1 N–H and O–H groups in total. The van der Waals surface area contributed by atoms with E-state index >= 15 is 0 Å². The van der Waals surface area contributed by atoms with Gasteiger partial charge in [0.25, 0.3) is 0 Å². The first-order chi connectivity index (χ1) is 7.85. The monoisotopic (exact) mass is 225 g/mol. The third kappa shape index (κ3) is 3.58. The molecule has 3 heteroatoms. The number of hydrogen-bond acceptors (Lipinski definition) is 3. The fourth-order valence-electron chi connectivity index (χ4n) is 2.23. The maximum Gasteiger partial charge on any atom is 0.0689 e. The average molecular weight is 225 g/mol. The summed E-state index contributed by atoms with van der Waals surface area (Å²) >= 11 is 0. The van der Waals surface area contributed by atoms with E-state index in [-0.39, 0.29) is 0 Å². The molecule has 1 aliphatic heterocycles. The molecule has 0 bridgehead atoms. The van der Waals surface area contributed by atoms with Crippen LogP contribution in [0.1, 0.15) is 25.7 Å². The summed E-state index contributed by atoms with van der Waals surface area (Å²) in [7, 11) is 1.79. The van der Waals surface area contributed by atoms with Gasteiger partial charge in [0.05, 0.1) is 13.2 Å². The molecule has 92 valence electrons. The lowest BCUT2D eigenvalue weighted by molar-refractivity contribution is 0.148. The van der Waals surface area contributed by atoms with E-state index in [4.69, 9.17) is 9.47 Å². The van der Waals surface area contributed by atoms with Gasteiger partial charge in [-0.15, -0.1) is 0 Å². The summed E-state index contributed by atoms with van der Waals surface area (Å²) in [5.74, 6) is 0. The van der Waals surface area contributed by atoms with E-state index in [0.29, 0.717) is 5.41 Å². The van der Waals surface area contributed by atoms with Crippen LogP contribution in [-0.2, 0) is 9.47 Å². The predicted molar refractivity (Wildman–Crippen MR) is 64.5 cm³/mol. The van der Waals surface area contributed by atoms with Gasteiger partial charge in [-0.1, -0.05) is 6.08 Å². The van der Waals surface area contributed by atoms with Gasteiger partial charge in [0.15, 0.2) is 0 Å². The van der Waals surface area contributed by atoms with E-state index in [9.17, 15) is 0 Å². The van der Waals surface area contributed by atoms with Gasteiger partial charge in [0.1, 0.15) is 0 Å². The van der Waals surface area contributed by atoms with Gasteiger partial charge in [-0.05, 0) is 36.7 Å². The standard InChI is InChI=1S/C13H23NO2/c1-15-8-6-13(4-5-13)11-14-9-12-3-2-7-16-10-12/h3,14H,2,4-11H2,1H3. The number of rotatable bonds is 7. The minimum atomic E-state index is 0.548. The van der Waals surface area contributed by atoms with Gasteiger partial charge in [-0.2, -0.15) is 0 Å². The molecule has 0 atom stereocenters. The topological polar surface area (TPSA) is 30.5 Å². The summed E-state index contributed by atoms with van der Waals surface area (Å²) in [6, 6.07) is 0. The molecule has 0 aromatic heterocycles. The maximum absolute atomic E-state index is 5.42. The van der Waals surface area contributed by atoms with Crippen LogP contribution in [0.2, 0.25) is 0 Å². The first-order valence-corrected chi connectivity index (χ1v) is 6.30. The van der Waals surface area contributed by atoms with Crippen molar-refractivity contribution in [3.05, 3.63) is 11.6 Å². The highest BCUT2D eigenvalue weighted by molar-refractivity contribution is 5.07. The van der Waals surface area contributed by atoms with Crippen molar-refractivity contribution < 1.29 is 9.47 Å². The van der Waals surface area contributed by atoms with Crippen LogP contribution in [0.25, 0.3) is 0 Å². The Labute approximate surface area is 98.2 Å². The molecule has 0 aromatic rings. The zero-order chi connectivity index (χ0) is 11.3. The molecule has 1 heterocycles. The van der Waals surface area contributed by atoms with Gasteiger partial charge in [-0.25, -0.2) is 0 Å². The Morgan fingerprint density at radius 2 is 2.38 bits per heavy atom. The van der Waals surface area contributed by atoms with Crippen LogP contribution in [0, 0.1) is 5.41 Å². The Bertz CT molecular complexity index is 246. The molecule has 0 saturated heterocycles. The molecule has 3 nitrogen and oxygen atoms in total. The van der Waals surface area contributed by atoms with Crippen molar-refractivity contribution >= 4 is 0 Å². The van der Waals surface area contributed by atoms with Crippen LogP contribution < -0.4 is 5.32 Å². The molecule has 0 radical (unpaired) electrons. The first-order valence-electron chi connectivity index (χ1n) is 6.30. The van der Waals surface area contributed by atoms with E-state index in [1.807, 2.05) is 0 Å². The van der Waals surface area contributed by atoms with Gasteiger partial charge in [-0.3, -0.25) is 0 Å². The molecule has 0 spiro atoms. The second-order valence-corrected chi connectivity index (χ2v) is 5.05. The summed E-state index contributed by atoms with van der Waals surface area (Å²) < 4.78 is 10.6. The smallest absolute Gasteiger partial charge is 0.0689 e. The second kappa shape index (κ2) is 5.80.